The molecule has 0 spiro atoms. The summed E-state index contributed by atoms with van der Waals surface area (Å²) in [6, 6.07) is 12.4. The summed E-state index contributed by atoms with van der Waals surface area (Å²) in [6.07, 6.45) is 2.59. The van der Waals surface area contributed by atoms with Crippen molar-refractivity contribution in [2.45, 2.75) is 18.2 Å². The molecule has 0 saturated carbocycles. The molecule has 0 radical (unpaired) electrons. The minimum Gasteiger partial charge on any atom is -0.300 e. The molecule has 0 unspecified atom stereocenters. The third-order valence-electron chi connectivity index (χ3n) is 2.61. The normalized spacial score (nSPS) is 10.6. The van der Waals surface area contributed by atoms with Crippen molar-refractivity contribution in [3.63, 3.8) is 0 Å². The van der Waals surface area contributed by atoms with Crippen molar-refractivity contribution in [2.75, 3.05) is 6.26 Å². The lowest BCUT2D eigenvalue weighted by Crippen LogP contribution is -1.97. The minimum atomic E-state index is 0.211. The molecule has 2 aromatic rings. The Kier molecular flexibility index (Phi) is 3.30. The molecular weight excluding hydrogens is 216 g/mol. The van der Waals surface area contributed by atoms with E-state index in [0.29, 0.717) is 6.42 Å². The van der Waals surface area contributed by atoms with Crippen molar-refractivity contribution < 1.29 is 4.79 Å². The second-order valence-corrected chi connectivity index (χ2v) is 4.70. The summed E-state index contributed by atoms with van der Waals surface area (Å²) in [4.78, 5) is 12.5. The first-order valence-electron chi connectivity index (χ1n) is 5.26. The summed E-state index contributed by atoms with van der Waals surface area (Å²) in [5.41, 5.74) is 1.13. The van der Waals surface area contributed by atoms with Gasteiger partial charge in [-0.15, -0.1) is 11.8 Å². The summed E-state index contributed by atoms with van der Waals surface area (Å²) in [7, 11) is 0. The van der Waals surface area contributed by atoms with Gasteiger partial charge in [0.1, 0.15) is 5.78 Å². The van der Waals surface area contributed by atoms with Crippen LogP contribution < -0.4 is 0 Å². The first-order valence-corrected chi connectivity index (χ1v) is 6.49. The lowest BCUT2D eigenvalue weighted by molar-refractivity contribution is -0.116. The number of carbonyl (C=O) groups is 1. The van der Waals surface area contributed by atoms with Crippen LogP contribution in [0.4, 0.5) is 0 Å². The van der Waals surface area contributed by atoms with Crippen LogP contribution in [0.25, 0.3) is 10.8 Å². The van der Waals surface area contributed by atoms with Crippen LogP contribution in [0.5, 0.6) is 0 Å². The van der Waals surface area contributed by atoms with Gasteiger partial charge in [0.15, 0.2) is 0 Å². The van der Waals surface area contributed by atoms with Gasteiger partial charge in [-0.25, -0.2) is 0 Å². The van der Waals surface area contributed by atoms with E-state index in [1.54, 1.807) is 18.7 Å². The maximum absolute atomic E-state index is 11.2. The van der Waals surface area contributed by atoms with E-state index in [-0.39, 0.29) is 5.78 Å². The zero-order valence-corrected chi connectivity index (χ0v) is 10.3. The first-order chi connectivity index (χ1) is 7.72. The van der Waals surface area contributed by atoms with E-state index >= 15 is 0 Å². The van der Waals surface area contributed by atoms with Gasteiger partial charge in [-0.1, -0.05) is 30.3 Å². The molecule has 0 aromatic heterocycles. The molecule has 0 fully saturated rings. The maximum atomic E-state index is 11.2. The molecule has 2 aromatic carbocycles. The number of hydrogen-bond acceptors (Lipinski definition) is 2. The maximum Gasteiger partial charge on any atom is 0.134 e. The molecule has 0 atom stereocenters. The van der Waals surface area contributed by atoms with Crippen LogP contribution >= 0.6 is 11.8 Å². The number of fused-ring (bicyclic) bond motifs is 1. The lowest BCUT2D eigenvalue weighted by Gasteiger charge is -2.08. The van der Waals surface area contributed by atoms with Gasteiger partial charge in [0.2, 0.25) is 0 Å². The second kappa shape index (κ2) is 4.71. The lowest BCUT2D eigenvalue weighted by atomic mass is 10.0. The quantitative estimate of drug-likeness (QED) is 0.748. The monoisotopic (exact) mass is 230 g/mol. The van der Waals surface area contributed by atoms with E-state index in [0.717, 1.165) is 5.56 Å². The number of Topliss-reactive ketones (excluding diaryl/α,β-unsaturated/α-hetero) is 1. The Hall–Kier alpha value is -1.28. The van der Waals surface area contributed by atoms with Crippen LogP contribution in [0.3, 0.4) is 0 Å². The molecule has 0 bridgehead atoms. The highest BCUT2D eigenvalue weighted by atomic mass is 32.2. The molecule has 0 N–H and O–H groups in total. The van der Waals surface area contributed by atoms with Gasteiger partial charge in [-0.05, 0) is 35.6 Å². The van der Waals surface area contributed by atoms with Gasteiger partial charge >= 0.3 is 0 Å². The van der Waals surface area contributed by atoms with Crippen molar-refractivity contribution in [2.24, 2.45) is 0 Å². The zero-order valence-electron chi connectivity index (χ0n) is 9.49. The highest BCUT2D eigenvalue weighted by Crippen LogP contribution is 2.29. The number of carbonyl (C=O) groups excluding carboxylic acids is 1. The molecule has 0 heterocycles. The standard InChI is InChI=1S/C14H14OS/c1-10(15)9-12-7-3-5-11-6-4-8-13(16-2)14(11)12/h3-8H,9H2,1-2H3. The van der Waals surface area contributed by atoms with E-state index in [2.05, 4.69) is 30.5 Å². The summed E-state index contributed by atoms with van der Waals surface area (Å²) >= 11 is 1.73. The van der Waals surface area contributed by atoms with E-state index in [1.165, 1.54) is 15.7 Å². The topological polar surface area (TPSA) is 17.1 Å². The van der Waals surface area contributed by atoms with Gasteiger partial charge in [0.05, 0.1) is 0 Å². The summed E-state index contributed by atoms with van der Waals surface area (Å²) < 4.78 is 0. The molecule has 2 rings (SSSR count). The molecule has 0 saturated heterocycles. The van der Waals surface area contributed by atoms with Crippen molar-refractivity contribution in [1.29, 1.82) is 0 Å². The fourth-order valence-electron chi connectivity index (χ4n) is 1.97. The van der Waals surface area contributed by atoms with Gasteiger partial charge in [-0.2, -0.15) is 0 Å². The molecular formula is C14H14OS. The van der Waals surface area contributed by atoms with Crippen molar-refractivity contribution in [3.05, 3.63) is 42.0 Å². The van der Waals surface area contributed by atoms with Crippen LogP contribution in [0, 0.1) is 0 Å². The Balaban J connectivity index is 2.68. The molecule has 0 amide bonds. The molecule has 1 nitrogen and oxygen atoms in total. The van der Waals surface area contributed by atoms with Crippen LogP contribution in [-0.4, -0.2) is 12.0 Å². The van der Waals surface area contributed by atoms with Gasteiger partial charge in [-0.3, -0.25) is 4.79 Å². The molecule has 82 valence electrons. The fraction of sp³-hybridized carbons (Fsp3) is 0.214. The predicted octanol–water partition coefficient (Wildman–Crippen LogP) is 3.69. The van der Waals surface area contributed by atoms with Crippen LogP contribution in [0.2, 0.25) is 0 Å². The average Bonchev–Trinajstić information content (AvgIpc) is 2.28. The molecule has 0 aliphatic carbocycles. The van der Waals surface area contributed by atoms with E-state index in [4.69, 9.17) is 0 Å². The van der Waals surface area contributed by atoms with Crippen molar-refractivity contribution in [3.8, 4) is 0 Å². The minimum absolute atomic E-state index is 0.211. The van der Waals surface area contributed by atoms with E-state index < -0.39 is 0 Å². The number of hydrogen-bond donors (Lipinski definition) is 0. The largest absolute Gasteiger partial charge is 0.300 e. The molecule has 2 heteroatoms. The zero-order chi connectivity index (χ0) is 11.5. The van der Waals surface area contributed by atoms with E-state index in [9.17, 15) is 4.79 Å². The SMILES string of the molecule is CSc1cccc2cccc(CC(C)=O)c12. The van der Waals surface area contributed by atoms with Gasteiger partial charge in [0.25, 0.3) is 0 Å². The smallest absolute Gasteiger partial charge is 0.134 e. The van der Waals surface area contributed by atoms with Crippen LogP contribution in [0.1, 0.15) is 12.5 Å². The van der Waals surface area contributed by atoms with Gasteiger partial charge in [0, 0.05) is 11.3 Å². The number of rotatable bonds is 3. The first kappa shape index (κ1) is 11.2. The summed E-state index contributed by atoms with van der Waals surface area (Å²) in [5, 5.41) is 2.44. The van der Waals surface area contributed by atoms with Crippen molar-refractivity contribution >= 4 is 28.3 Å². The summed E-state index contributed by atoms with van der Waals surface area (Å²) in [6.45, 7) is 1.64. The Labute approximate surface area is 99.9 Å². The Bertz CT molecular complexity index is 526. The number of benzene rings is 2. The average molecular weight is 230 g/mol. The third kappa shape index (κ3) is 2.12. The Morgan fingerprint density at radius 1 is 1.19 bits per heavy atom. The Morgan fingerprint density at radius 3 is 2.50 bits per heavy atom. The molecule has 16 heavy (non-hydrogen) atoms. The van der Waals surface area contributed by atoms with Crippen LogP contribution in [-0.2, 0) is 11.2 Å². The van der Waals surface area contributed by atoms with Crippen LogP contribution in [0.15, 0.2) is 41.3 Å². The highest BCUT2D eigenvalue weighted by Gasteiger charge is 2.06. The summed E-state index contributed by atoms with van der Waals surface area (Å²) in [5.74, 6) is 0.211. The Morgan fingerprint density at radius 2 is 1.88 bits per heavy atom. The molecule has 0 aliphatic heterocycles. The fourth-order valence-corrected chi connectivity index (χ4v) is 2.64. The second-order valence-electron chi connectivity index (χ2n) is 3.85. The third-order valence-corrected chi connectivity index (χ3v) is 3.39. The number of ketones is 1. The van der Waals surface area contributed by atoms with Crippen molar-refractivity contribution in [1.82, 2.24) is 0 Å². The van der Waals surface area contributed by atoms with E-state index in [1.807, 2.05) is 12.1 Å². The number of thioether (sulfide) groups is 1. The molecule has 0 aliphatic rings. The highest BCUT2D eigenvalue weighted by molar-refractivity contribution is 7.98. The predicted molar refractivity (Wildman–Crippen MR) is 70.1 cm³/mol. The van der Waals surface area contributed by atoms with Gasteiger partial charge < -0.3 is 0 Å².